The first-order valence-corrected chi connectivity index (χ1v) is 9.31. The van der Waals surface area contributed by atoms with Gasteiger partial charge in [0.1, 0.15) is 0 Å². The molecule has 0 amide bonds. The van der Waals surface area contributed by atoms with E-state index in [1.54, 1.807) is 0 Å². The Morgan fingerprint density at radius 2 is 1.90 bits per heavy atom. The molecule has 0 saturated carbocycles. The summed E-state index contributed by atoms with van der Waals surface area (Å²) in [5.74, 6) is 0. The van der Waals surface area contributed by atoms with Gasteiger partial charge in [0.25, 0.3) is 0 Å². The molecule has 0 aliphatic heterocycles. The normalized spacial score (nSPS) is 12.0. The second-order valence-corrected chi connectivity index (χ2v) is 7.94. The van der Waals surface area contributed by atoms with Crippen molar-refractivity contribution >= 4 is 11.3 Å². The topological polar surface area (TPSA) is 15.3 Å². The first-order valence-electron chi connectivity index (χ1n) is 8.49. The van der Waals surface area contributed by atoms with Crippen molar-refractivity contribution in [1.29, 1.82) is 0 Å². The molecule has 0 fully saturated rings. The van der Waals surface area contributed by atoms with E-state index in [1.165, 1.54) is 41.1 Å². The third-order valence-electron chi connectivity index (χ3n) is 3.91. The maximum Gasteiger partial charge on any atom is 0.0302 e. The van der Waals surface area contributed by atoms with Gasteiger partial charge in [-0.1, -0.05) is 33.6 Å². The summed E-state index contributed by atoms with van der Waals surface area (Å²) in [7, 11) is 0. The van der Waals surface area contributed by atoms with Gasteiger partial charge in [-0.05, 0) is 45.4 Å². The number of aryl methyl sites for hydroxylation is 1. The van der Waals surface area contributed by atoms with Crippen LogP contribution in [0.4, 0.5) is 0 Å². The maximum atomic E-state index is 3.52. The molecule has 0 spiro atoms. The summed E-state index contributed by atoms with van der Waals surface area (Å²) in [5.41, 5.74) is 1.52. The zero-order valence-corrected chi connectivity index (χ0v) is 15.6. The van der Waals surface area contributed by atoms with Crippen molar-refractivity contribution in [3.05, 3.63) is 21.4 Å². The summed E-state index contributed by atoms with van der Waals surface area (Å²) in [5, 5.41) is 3.52. The van der Waals surface area contributed by atoms with Crippen LogP contribution in [0.15, 0.2) is 6.07 Å². The summed E-state index contributed by atoms with van der Waals surface area (Å²) in [4.78, 5) is 5.56. The van der Waals surface area contributed by atoms with E-state index in [0.29, 0.717) is 12.1 Å². The van der Waals surface area contributed by atoms with Crippen molar-refractivity contribution in [3.8, 4) is 0 Å². The average molecular weight is 311 g/mol. The highest BCUT2D eigenvalue weighted by molar-refractivity contribution is 7.12. The van der Waals surface area contributed by atoms with Gasteiger partial charge in [0.15, 0.2) is 0 Å². The quantitative estimate of drug-likeness (QED) is 0.615. The minimum Gasteiger partial charge on any atom is -0.310 e. The van der Waals surface area contributed by atoms with Crippen LogP contribution in [0.3, 0.4) is 0 Å². The summed E-state index contributed by atoms with van der Waals surface area (Å²) in [6, 6.07) is 3.58. The Labute approximate surface area is 135 Å². The molecule has 0 bridgehead atoms. The Morgan fingerprint density at radius 3 is 2.48 bits per heavy atom. The van der Waals surface area contributed by atoms with Gasteiger partial charge in [-0.3, -0.25) is 4.90 Å². The molecule has 1 rings (SSSR count). The van der Waals surface area contributed by atoms with Crippen LogP contribution < -0.4 is 5.32 Å². The zero-order valence-electron chi connectivity index (χ0n) is 14.8. The number of hydrogen-bond donors (Lipinski definition) is 1. The molecule has 0 radical (unpaired) electrons. The molecule has 2 nitrogen and oxygen atoms in total. The van der Waals surface area contributed by atoms with E-state index in [4.69, 9.17) is 0 Å². The lowest BCUT2D eigenvalue weighted by Crippen LogP contribution is -2.31. The highest BCUT2D eigenvalue weighted by atomic mass is 32.1. The van der Waals surface area contributed by atoms with Gasteiger partial charge in [-0.15, -0.1) is 11.3 Å². The molecule has 0 saturated heterocycles. The number of hydrogen-bond acceptors (Lipinski definition) is 3. The molecule has 1 heterocycles. The van der Waals surface area contributed by atoms with Crippen LogP contribution in [0.25, 0.3) is 0 Å². The largest absolute Gasteiger partial charge is 0.310 e. The van der Waals surface area contributed by atoms with E-state index in [1.807, 2.05) is 11.3 Å². The first-order chi connectivity index (χ1) is 9.93. The average Bonchev–Trinajstić information content (AvgIpc) is 2.76. The molecule has 1 N–H and O–H groups in total. The second kappa shape index (κ2) is 9.60. The standard InChI is InChI=1S/C18H34N2S/c1-7-8-9-10-20(15(4)5)13-17-11-18(21-16(17)6)12-19-14(2)3/h11,14-15,19H,7-10,12-13H2,1-6H3. The number of thiophene rings is 1. The smallest absolute Gasteiger partial charge is 0.0302 e. The fourth-order valence-electron chi connectivity index (χ4n) is 2.44. The fraction of sp³-hybridized carbons (Fsp3) is 0.778. The molecular formula is C18H34N2S. The third kappa shape index (κ3) is 6.94. The van der Waals surface area contributed by atoms with Gasteiger partial charge in [0.2, 0.25) is 0 Å². The van der Waals surface area contributed by atoms with Crippen LogP contribution in [0.1, 0.15) is 69.2 Å². The van der Waals surface area contributed by atoms with Crippen molar-refractivity contribution in [2.24, 2.45) is 0 Å². The van der Waals surface area contributed by atoms with Crippen LogP contribution in [0.5, 0.6) is 0 Å². The molecule has 0 atom stereocenters. The van der Waals surface area contributed by atoms with Crippen molar-refractivity contribution in [3.63, 3.8) is 0 Å². The molecule has 0 aliphatic carbocycles. The van der Waals surface area contributed by atoms with Crippen LogP contribution in [0.2, 0.25) is 0 Å². The minimum absolute atomic E-state index is 0.553. The maximum absolute atomic E-state index is 3.52. The Kier molecular flexibility index (Phi) is 8.53. The van der Waals surface area contributed by atoms with Crippen LogP contribution >= 0.6 is 11.3 Å². The van der Waals surface area contributed by atoms with Gasteiger partial charge in [-0.25, -0.2) is 0 Å². The fourth-order valence-corrected chi connectivity index (χ4v) is 3.44. The van der Waals surface area contributed by atoms with E-state index in [2.05, 4.69) is 57.8 Å². The van der Waals surface area contributed by atoms with E-state index in [9.17, 15) is 0 Å². The second-order valence-electron chi connectivity index (χ2n) is 6.60. The molecular weight excluding hydrogens is 276 g/mol. The zero-order chi connectivity index (χ0) is 15.8. The van der Waals surface area contributed by atoms with E-state index in [-0.39, 0.29) is 0 Å². The minimum atomic E-state index is 0.553. The molecule has 0 unspecified atom stereocenters. The van der Waals surface area contributed by atoms with Crippen LogP contribution in [-0.4, -0.2) is 23.5 Å². The molecule has 122 valence electrons. The molecule has 21 heavy (non-hydrogen) atoms. The van der Waals surface area contributed by atoms with Gasteiger partial charge in [0, 0.05) is 34.9 Å². The van der Waals surface area contributed by atoms with E-state index < -0.39 is 0 Å². The van der Waals surface area contributed by atoms with Crippen molar-refractivity contribution < 1.29 is 0 Å². The van der Waals surface area contributed by atoms with Gasteiger partial charge >= 0.3 is 0 Å². The molecule has 3 heteroatoms. The van der Waals surface area contributed by atoms with Crippen LogP contribution in [-0.2, 0) is 13.1 Å². The Hall–Kier alpha value is -0.380. The Balaban J connectivity index is 2.61. The van der Waals surface area contributed by atoms with E-state index >= 15 is 0 Å². The Bertz CT molecular complexity index is 396. The first kappa shape index (κ1) is 18.7. The highest BCUT2D eigenvalue weighted by Crippen LogP contribution is 2.24. The lowest BCUT2D eigenvalue weighted by Gasteiger charge is -2.26. The molecule has 0 aliphatic rings. The number of unbranched alkanes of at least 4 members (excludes halogenated alkanes) is 2. The van der Waals surface area contributed by atoms with Gasteiger partial charge < -0.3 is 5.32 Å². The highest BCUT2D eigenvalue weighted by Gasteiger charge is 2.13. The van der Waals surface area contributed by atoms with Crippen molar-refractivity contribution in [2.45, 2.75) is 86.0 Å². The van der Waals surface area contributed by atoms with Gasteiger partial charge in [0.05, 0.1) is 0 Å². The molecule has 1 aromatic heterocycles. The van der Waals surface area contributed by atoms with Gasteiger partial charge in [-0.2, -0.15) is 0 Å². The van der Waals surface area contributed by atoms with Crippen molar-refractivity contribution in [1.82, 2.24) is 10.2 Å². The third-order valence-corrected chi connectivity index (χ3v) is 5.00. The summed E-state index contributed by atoms with van der Waals surface area (Å²) in [6.45, 7) is 16.9. The summed E-state index contributed by atoms with van der Waals surface area (Å²) in [6.07, 6.45) is 3.96. The summed E-state index contributed by atoms with van der Waals surface area (Å²) < 4.78 is 0. The lowest BCUT2D eigenvalue weighted by molar-refractivity contribution is 0.208. The van der Waals surface area contributed by atoms with Crippen LogP contribution in [0, 0.1) is 6.92 Å². The number of rotatable bonds is 10. The number of nitrogens with one attached hydrogen (secondary N) is 1. The summed E-state index contributed by atoms with van der Waals surface area (Å²) >= 11 is 1.95. The SMILES string of the molecule is CCCCCN(Cc1cc(CNC(C)C)sc1C)C(C)C. The predicted molar refractivity (Wildman–Crippen MR) is 96.1 cm³/mol. The molecule has 1 aromatic rings. The van der Waals surface area contributed by atoms with E-state index in [0.717, 1.165) is 13.1 Å². The number of nitrogens with zero attached hydrogens (tertiary/aromatic N) is 1. The predicted octanol–water partition coefficient (Wildman–Crippen LogP) is 4.96. The Morgan fingerprint density at radius 1 is 1.19 bits per heavy atom. The lowest BCUT2D eigenvalue weighted by atomic mass is 10.1. The molecule has 0 aromatic carbocycles. The van der Waals surface area contributed by atoms with Crippen molar-refractivity contribution in [2.75, 3.05) is 6.54 Å². The monoisotopic (exact) mass is 310 g/mol.